The third-order valence-electron chi connectivity index (χ3n) is 3.28. The van der Waals surface area contributed by atoms with E-state index in [1.54, 1.807) is 19.1 Å². The summed E-state index contributed by atoms with van der Waals surface area (Å²) in [7, 11) is 0. The van der Waals surface area contributed by atoms with Crippen molar-refractivity contribution < 1.29 is 14.8 Å². The van der Waals surface area contributed by atoms with E-state index in [4.69, 9.17) is 16.3 Å². The number of aliphatic hydroxyl groups is 1. The highest BCUT2D eigenvalue weighted by atomic mass is 35.5. The van der Waals surface area contributed by atoms with E-state index in [2.05, 4.69) is 0 Å². The average Bonchev–Trinajstić information content (AvgIpc) is 2.39. The van der Waals surface area contributed by atoms with Gasteiger partial charge in [0.05, 0.1) is 30.3 Å². The Balaban J connectivity index is 2.34. The number of rotatable bonds is 4. The van der Waals surface area contributed by atoms with E-state index in [0.29, 0.717) is 36.9 Å². The maximum Gasteiger partial charge on any atom is 0.294 e. The maximum absolute atomic E-state index is 11.2. The first kappa shape index (κ1) is 15.0. The van der Waals surface area contributed by atoms with Crippen molar-refractivity contribution >= 4 is 23.0 Å². The lowest BCUT2D eigenvalue weighted by Crippen LogP contribution is -2.47. The molecule has 1 saturated heterocycles. The number of aliphatic hydroxyl groups excluding tert-OH is 1. The van der Waals surface area contributed by atoms with Crippen LogP contribution in [0.1, 0.15) is 13.3 Å². The Labute approximate surface area is 122 Å². The van der Waals surface area contributed by atoms with E-state index in [9.17, 15) is 15.2 Å². The van der Waals surface area contributed by atoms with Crippen LogP contribution in [0.15, 0.2) is 18.2 Å². The Morgan fingerprint density at radius 3 is 3.05 bits per heavy atom. The van der Waals surface area contributed by atoms with E-state index < -0.39 is 11.0 Å². The number of hydrogen-bond acceptors (Lipinski definition) is 5. The second-order valence-electron chi connectivity index (χ2n) is 4.90. The average molecular weight is 301 g/mol. The number of halogens is 1. The van der Waals surface area contributed by atoms with Gasteiger partial charge < -0.3 is 14.7 Å². The Bertz CT molecular complexity index is 495. The number of morpholine rings is 1. The molecule has 0 unspecified atom stereocenters. The maximum atomic E-state index is 11.2. The van der Waals surface area contributed by atoms with Crippen molar-refractivity contribution in [2.45, 2.75) is 25.5 Å². The fourth-order valence-corrected chi connectivity index (χ4v) is 2.61. The van der Waals surface area contributed by atoms with Crippen LogP contribution in [0.3, 0.4) is 0 Å². The molecule has 0 amide bonds. The number of hydrogen-bond donors (Lipinski definition) is 1. The lowest BCUT2D eigenvalue weighted by molar-refractivity contribution is -0.384. The molecule has 0 saturated carbocycles. The van der Waals surface area contributed by atoms with E-state index >= 15 is 0 Å². The van der Waals surface area contributed by atoms with Gasteiger partial charge in [0.1, 0.15) is 5.69 Å². The minimum absolute atomic E-state index is 0.0185. The molecule has 2 atom stereocenters. The van der Waals surface area contributed by atoms with Gasteiger partial charge in [-0.15, -0.1) is 0 Å². The van der Waals surface area contributed by atoms with Gasteiger partial charge in [0.15, 0.2) is 0 Å². The summed E-state index contributed by atoms with van der Waals surface area (Å²) in [4.78, 5) is 12.7. The van der Waals surface area contributed by atoms with E-state index in [1.165, 1.54) is 6.07 Å². The first-order chi connectivity index (χ1) is 9.49. The van der Waals surface area contributed by atoms with Crippen LogP contribution in [0.4, 0.5) is 11.4 Å². The molecular weight excluding hydrogens is 284 g/mol. The minimum atomic E-state index is -0.490. The molecule has 1 aromatic rings. The van der Waals surface area contributed by atoms with Crippen molar-refractivity contribution in [3.63, 3.8) is 0 Å². The Morgan fingerprint density at radius 2 is 2.40 bits per heavy atom. The molecule has 6 nitrogen and oxygen atoms in total. The molecular formula is C13H17ClN2O4. The first-order valence-corrected chi connectivity index (χ1v) is 6.83. The van der Waals surface area contributed by atoms with Gasteiger partial charge in [-0.2, -0.15) is 0 Å². The topological polar surface area (TPSA) is 75.8 Å². The summed E-state index contributed by atoms with van der Waals surface area (Å²) in [5.41, 5.74) is 0.503. The van der Waals surface area contributed by atoms with Gasteiger partial charge in [0, 0.05) is 17.6 Å². The number of nitro benzene ring substituents is 1. The van der Waals surface area contributed by atoms with Crippen molar-refractivity contribution in [1.82, 2.24) is 0 Å². The highest BCUT2D eigenvalue weighted by Crippen LogP contribution is 2.33. The molecule has 1 heterocycles. The number of anilines is 1. The van der Waals surface area contributed by atoms with Crippen LogP contribution in [0.2, 0.25) is 5.02 Å². The molecule has 0 spiro atoms. The van der Waals surface area contributed by atoms with Gasteiger partial charge in [0.25, 0.3) is 5.69 Å². The summed E-state index contributed by atoms with van der Waals surface area (Å²) in [5, 5.41) is 21.1. The summed E-state index contributed by atoms with van der Waals surface area (Å²) in [5.74, 6) is 0. The Hall–Kier alpha value is -1.37. The largest absolute Gasteiger partial charge is 0.393 e. The number of benzene rings is 1. The molecule has 0 radical (unpaired) electrons. The van der Waals surface area contributed by atoms with Crippen LogP contribution in [0.25, 0.3) is 0 Å². The lowest BCUT2D eigenvalue weighted by Gasteiger charge is -2.37. The van der Waals surface area contributed by atoms with Gasteiger partial charge in [-0.3, -0.25) is 10.1 Å². The fraction of sp³-hybridized carbons (Fsp3) is 0.538. The van der Waals surface area contributed by atoms with E-state index in [-0.39, 0.29) is 11.7 Å². The summed E-state index contributed by atoms with van der Waals surface area (Å²) in [6, 6.07) is 4.56. The van der Waals surface area contributed by atoms with Gasteiger partial charge in [-0.25, -0.2) is 0 Å². The van der Waals surface area contributed by atoms with Gasteiger partial charge in [0.2, 0.25) is 0 Å². The van der Waals surface area contributed by atoms with Gasteiger partial charge >= 0.3 is 0 Å². The second-order valence-corrected chi connectivity index (χ2v) is 5.33. The molecule has 20 heavy (non-hydrogen) atoms. The molecule has 1 aliphatic rings. The van der Waals surface area contributed by atoms with Crippen LogP contribution in [-0.2, 0) is 4.74 Å². The molecule has 110 valence electrons. The van der Waals surface area contributed by atoms with Crippen LogP contribution in [0.5, 0.6) is 0 Å². The van der Waals surface area contributed by atoms with Crippen LogP contribution in [-0.4, -0.2) is 41.9 Å². The predicted octanol–water partition coefficient (Wildman–Crippen LogP) is 2.22. The highest BCUT2D eigenvalue weighted by Gasteiger charge is 2.29. The molecule has 2 rings (SSSR count). The molecule has 1 fully saturated rings. The fourth-order valence-electron chi connectivity index (χ4n) is 2.45. The van der Waals surface area contributed by atoms with E-state index in [1.807, 2.05) is 4.90 Å². The SMILES string of the molecule is C[C@H](O)C[C@@H]1COCCN1c1ccc(Cl)cc1[N+](=O)[O-]. The summed E-state index contributed by atoms with van der Waals surface area (Å²) in [6.07, 6.45) is 0.00956. The molecule has 0 aromatic heterocycles. The molecule has 1 aromatic carbocycles. The Kier molecular flexibility index (Phi) is 4.80. The number of nitro groups is 1. The quantitative estimate of drug-likeness (QED) is 0.681. The first-order valence-electron chi connectivity index (χ1n) is 6.45. The van der Waals surface area contributed by atoms with Gasteiger partial charge in [-0.1, -0.05) is 11.6 Å². The zero-order chi connectivity index (χ0) is 14.7. The molecule has 0 aliphatic carbocycles. The van der Waals surface area contributed by atoms with Crippen LogP contribution in [0, 0.1) is 10.1 Å². The minimum Gasteiger partial charge on any atom is -0.393 e. The highest BCUT2D eigenvalue weighted by molar-refractivity contribution is 6.30. The molecule has 1 aliphatic heterocycles. The van der Waals surface area contributed by atoms with Crippen molar-refractivity contribution in [1.29, 1.82) is 0 Å². The van der Waals surface area contributed by atoms with E-state index in [0.717, 1.165) is 0 Å². The zero-order valence-corrected chi connectivity index (χ0v) is 11.9. The zero-order valence-electron chi connectivity index (χ0n) is 11.2. The second kappa shape index (κ2) is 6.39. The summed E-state index contributed by atoms with van der Waals surface area (Å²) >= 11 is 5.83. The lowest BCUT2D eigenvalue weighted by atomic mass is 10.1. The molecule has 0 bridgehead atoms. The van der Waals surface area contributed by atoms with Gasteiger partial charge in [-0.05, 0) is 25.5 Å². The third kappa shape index (κ3) is 3.39. The normalized spacial score (nSPS) is 20.8. The van der Waals surface area contributed by atoms with Crippen LogP contribution < -0.4 is 4.90 Å². The third-order valence-corrected chi connectivity index (χ3v) is 3.52. The summed E-state index contributed by atoms with van der Waals surface area (Å²) < 4.78 is 5.41. The number of ether oxygens (including phenoxy) is 1. The van der Waals surface area contributed by atoms with Crippen molar-refractivity contribution in [2.24, 2.45) is 0 Å². The standard InChI is InChI=1S/C13H17ClN2O4/c1-9(17)6-11-8-20-5-4-15(11)12-3-2-10(14)7-13(12)16(18)19/h2-3,7,9,11,17H,4-6,8H2,1H3/t9-,11+/m0/s1. The van der Waals surface area contributed by atoms with Crippen molar-refractivity contribution in [3.8, 4) is 0 Å². The number of nitrogens with zero attached hydrogens (tertiary/aromatic N) is 2. The monoisotopic (exact) mass is 300 g/mol. The Morgan fingerprint density at radius 1 is 1.65 bits per heavy atom. The smallest absolute Gasteiger partial charge is 0.294 e. The predicted molar refractivity (Wildman–Crippen MR) is 76.4 cm³/mol. The van der Waals surface area contributed by atoms with Crippen molar-refractivity contribution in [3.05, 3.63) is 33.3 Å². The summed E-state index contributed by atoms with van der Waals surface area (Å²) in [6.45, 7) is 3.21. The van der Waals surface area contributed by atoms with Crippen molar-refractivity contribution in [2.75, 3.05) is 24.7 Å². The molecule has 1 N–H and O–H groups in total. The van der Waals surface area contributed by atoms with Crippen LogP contribution >= 0.6 is 11.6 Å². The molecule has 7 heteroatoms.